The lowest BCUT2D eigenvalue weighted by atomic mass is 10.1. The van der Waals surface area contributed by atoms with E-state index >= 15 is 0 Å². The number of benzene rings is 1. The molecule has 0 aliphatic rings. The topological polar surface area (TPSA) is 120 Å². The van der Waals surface area contributed by atoms with Crippen LogP contribution in [-0.4, -0.2) is 23.4 Å². The molecule has 0 unspecified atom stereocenters. The Bertz CT molecular complexity index is 674. The third kappa shape index (κ3) is 4.20. The van der Waals surface area contributed by atoms with Crippen LogP contribution in [0.25, 0.3) is 0 Å². The van der Waals surface area contributed by atoms with Crippen LogP contribution in [0.15, 0.2) is 42.7 Å². The molecule has 0 spiro atoms. The number of ether oxygens (including phenoxy) is 1. The molecule has 0 saturated carbocycles. The number of anilines is 1. The minimum absolute atomic E-state index is 0.260. The van der Waals surface area contributed by atoms with E-state index < -0.39 is 5.91 Å². The summed E-state index contributed by atoms with van der Waals surface area (Å²) in [7, 11) is 0. The Morgan fingerprint density at radius 2 is 2.09 bits per heavy atom. The number of carbonyl (C=O) groups is 2. The Morgan fingerprint density at radius 1 is 1.27 bits per heavy atom. The zero-order valence-corrected chi connectivity index (χ0v) is 11.8. The van der Waals surface area contributed by atoms with Gasteiger partial charge in [0.2, 0.25) is 0 Å². The Labute approximate surface area is 127 Å². The van der Waals surface area contributed by atoms with E-state index in [9.17, 15) is 9.59 Å². The van der Waals surface area contributed by atoms with Crippen LogP contribution >= 0.6 is 0 Å². The summed E-state index contributed by atoms with van der Waals surface area (Å²) in [5.41, 5.74) is 12.3. The van der Waals surface area contributed by atoms with Crippen molar-refractivity contribution in [2.45, 2.75) is 6.54 Å². The summed E-state index contributed by atoms with van der Waals surface area (Å²) in [5.74, 6) is -0.558. The zero-order chi connectivity index (χ0) is 15.9. The molecule has 0 saturated heterocycles. The predicted molar refractivity (Wildman–Crippen MR) is 81.0 cm³/mol. The molecule has 0 aliphatic heterocycles. The van der Waals surface area contributed by atoms with Crippen LogP contribution in [0.2, 0.25) is 0 Å². The predicted octanol–water partition coefficient (Wildman–Crippen LogP) is 0.458. The number of nitrogens with two attached hydrogens (primary N) is 2. The summed E-state index contributed by atoms with van der Waals surface area (Å²) >= 11 is 0. The standard InChI is InChI=1S/C15H16N4O3/c16-12-6-11(3-4-13(12)22-9-14(17)20)15(21)19-8-10-2-1-5-18-7-10/h1-7H,8-9,16H2,(H2,17,20)(H,19,21). The van der Waals surface area contributed by atoms with Crippen molar-refractivity contribution in [1.29, 1.82) is 0 Å². The highest BCUT2D eigenvalue weighted by molar-refractivity contribution is 5.95. The quantitative estimate of drug-likeness (QED) is 0.669. The van der Waals surface area contributed by atoms with Crippen LogP contribution in [-0.2, 0) is 11.3 Å². The highest BCUT2D eigenvalue weighted by Gasteiger charge is 2.09. The van der Waals surface area contributed by atoms with Crippen LogP contribution < -0.4 is 21.5 Å². The number of pyridine rings is 1. The second-order valence-electron chi connectivity index (χ2n) is 4.55. The first-order valence-electron chi connectivity index (χ1n) is 6.54. The van der Waals surface area contributed by atoms with Crippen molar-refractivity contribution in [2.75, 3.05) is 12.3 Å². The van der Waals surface area contributed by atoms with Gasteiger partial charge in [-0.3, -0.25) is 14.6 Å². The molecule has 1 aromatic carbocycles. The van der Waals surface area contributed by atoms with Gasteiger partial charge in [0.15, 0.2) is 6.61 Å². The van der Waals surface area contributed by atoms with E-state index in [1.807, 2.05) is 6.07 Å². The normalized spacial score (nSPS) is 10.0. The van der Waals surface area contributed by atoms with Gasteiger partial charge in [-0.1, -0.05) is 6.07 Å². The van der Waals surface area contributed by atoms with E-state index in [2.05, 4.69) is 10.3 Å². The van der Waals surface area contributed by atoms with Crippen LogP contribution in [0.3, 0.4) is 0 Å². The third-order valence-corrected chi connectivity index (χ3v) is 2.82. The molecule has 1 aromatic heterocycles. The molecule has 0 fully saturated rings. The molecule has 0 aliphatic carbocycles. The van der Waals surface area contributed by atoms with Gasteiger partial charge in [-0.2, -0.15) is 0 Å². The zero-order valence-electron chi connectivity index (χ0n) is 11.8. The first-order valence-corrected chi connectivity index (χ1v) is 6.54. The van der Waals surface area contributed by atoms with Crippen LogP contribution in [0.1, 0.15) is 15.9 Å². The molecule has 2 rings (SSSR count). The maximum absolute atomic E-state index is 12.0. The number of hydrogen-bond donors (Lipinski definition) is 3. The van der Waals surface area contributed by atoms with Gasteiger partial charge in [0, 0.05) is 24.5 Å². The molecule has 7 nitrogen and oxygen atoms in total. The van der Waals surface area contributed by atoms with Crippen molar-refractivity contribution in [1.82, 2.24) is 10.3 Å². The van der Waals surface area contributed by atoms with Gasteiger partial charge < -0.3 is 21.5 Å². The fourth-order valence-electron chi connectivity index (χ4n) is 1.76. The maximum Gasteiger partial charge on any atom is 0.255 e. The van der Waals surface area contributed by atoms with Gasteiger partial charge in [0.05, 0.1) is 5.69 Å². The van der Waals surface area contributed by atoms with Crippen molar-refractivity contribution in [3.8, 4) is 5.75 Å². The summed E-state index contributed by atoms with van der Waals surface area (Å²) in [4.78, 5) is 26.7. The van der Waals surface area contributed by atoms with Crippen molar-refractivity contribution in [3.05, 3.63) is 53.9 Å². The summed E-state index contributed by atoms with van der Waals surface area (Å²) in [5, 5.41) is 2.76. The van der Waals surface area contributed by atoms with Crippen LogP contribution in [0.5, 0.6) is 5.75 Å². The molecule has 2 amide bonds. The molecule has 7 heteroatoms. The van der Waals surface area contributed by atoms with Gasteiger partial charge in [-0.25, -0.2) is 0 Å². The summed E-state index contributed by atoms with van der Waals surface area (Å²) in [6, 6.07) is 8.23. The summed E-state index contributed by atoms with van der Waals surface area (Å²) < 4.78 is 5.12. The van der Waals surface area contributed by atoms with Crippen molar-refractivity contribution < 1.29 is 14.3 Å². The Hall–Kier alpha value is -3.09. The van der Waals surface area contributed by atoms with Crippen molar-refractivity contribution in [3.63, 3.8) is 0 Å². The molecule has 114 valence electrons. The summed E-state index contributed by atoms with van der Waals surface area (Å²) in [6.07, 6.45) is 3.34. The second kappa shape index (κ2) is 7.07. The lowest BCUT2D eigenvalue weighted by Gasteiger charge is -2.09. The highest BCUT2D eigenvalue weighted by atomic mass is 16.5. The number of carbonyl (C=O) groups excluding carboxylic acids is 2. The number of aromatic nitrogens is 1. The molecule has 0 bridgehead atoms. The molecule has 0 radical (unpaired) electrons. The van der Waals surface area contributed by atoms with E-state index in [0.29, 0.717) is 17.9 Å². The van der Waals surface area contributed by atoms with Gasteiger partial charge in [-0.15, -0.1) is 0 Å². The molecule has 5 N–H and O–H groups in total. The van der Waals surface area contributed by atoms with E-state index in [4.69, 9.17) is 16.2 Å². The third-order valence-electron chi connectivity index (χ3n) is 2.82. The van der Waals surface area contributed by atoms with E-state index in [0.717, 1.165) is 5.56 Å². The number of nitrogens with zero attached hydrogens (tertiary/aromatic N) is 1. The van der Waals surface area contributed by atoms with Gasteiger partial charge in [0.25, 0.3) is 11.8 Å². The molecule has 0 atom stereocenters. The first kappa shape index (κ1) is 15.3. The van der Waals surface area contributed by atoms with Crippen molar-refractivity contribution >= 4 is 17.5 Å². The fraction of sp³-hybridized carbons (Fsp3) is 0.133. The van der Waals surface area contributed by atoms with E-state index in [1.165, 1.54) is 12.1 Å². The van der Waals surface area contributed by atoms with Crippen molar-refractivity contribution in [2.24, 2.45) is 5.73 Å². The minimum Gasteiger partial charge on any atom is -0.482 e. The summed E-state index contributed by atoms with van der Waals surface area (Å²) in [6.45, 7) is 0.100. The average molecular weight is 300 g/mol. The Morgan fingerprint density at radius 3 is 2.73 bits per heavy atom. The van der Waals surface area contributed by atoms with Gasteiger partial charge in [-0.05, 0) is 29.8 Å². The fourth-order valence-corrected chi connectivity index (χ4v) is 1.76. The lowest BCUT2D eigenvalue weighted by Crippen LogP contribution is -2.23. The number of nitrogens with one attached hydrogen (secondary N) is 1. The maximum atomic E-state index is 12.0. The minimum atomic E-state index is -0.599. The van der Waals surface area contributed by atoms with Crippen LogP contribution in [0, 0.1) is 0 Å². The number of rotatable bonds is 6. The smallest absolute Gasteiger partial charge is 0.255 e. The molecular formula is C15H16N4O3. The molecule has 1 heterocycles. The number of amides is 2. The highest BCUT2D eigenvalue weighted by Crippen LogP contribution is 2.22. The number of hydrogen-bond acceptors (Lipinski definition) is 5. The SMILES string of the molecule is NC(=O)COc1ccc(C(=O)NCc2cccnc2)cc1N. The van der Waals surface area contributed by atoms with E-state index in [1.54, 1.807) is 24.5 Å². The Balaban J connectivity index is 1.98. The molecule has 22 heavy (non-hydrogen) atoms. The monoisotopic (exact) mass is 300 g/mol. The number of nitrogen functional groups attached to an aromatic ring is 1. The first-order chi connectivity index (χ1) is 10.6. The molecule has 2 aromatic rings. The lowest BCUT2D eigenvalue weighted by molar-refractivity contribution is -0.119. The second-order valence-corrected chi connectivity index (χ2v) is 4.55. The Kier molecular flexibility index (Phi) is 4.92. The van der Waals surface area contributed by atoms with Gasteiger partial charge in [0.1, 0.15) is 5.75 Å². The van der Waals surface area contributed by atoms with Gasteiger partial charge >= 0.3 is 0 Å². The van der Waals surface area contributed by atoms with E-state index in [-0.39, 0.29) is 18.2 Å². The molecular weight excluding hydrogens is 284 g/mol. The average Bonchev–Trinajstić information content (AvgIpc) is 2.52. The van der Waals surface area contributed by atoms with Crippen LogP contribution in [0.4, 0.5) is 5.69 Å². The largest absolute Gasteiger partial charge is 0.482 e. The number of primary amides is 1.